The lowest BCUT2D eigenvalue weighted by Crippen LogP contribution is -1.93. The molecule has 0 saturated heterocycles. The number of hydrogen-bond acceptors (Lipinski definition) is 2. The lowest BCUT2D eigenvalue weighted by atomic mass is 10.1. The van der Waals surface area contributed by atoms with Gasteiger partial charge in [0.25, 0.3) is 0 Å². The Hall–Kier alpha value is -1.42. The van der Waals surface area contributed by atoms with E-state index in [1.54, 1.807) is 4.68 Å². The molecule has 15 heavy (non-hydrogen) atoms. The molecule has 1 heterocycles. The highest BCUT2D eigenvalue weighted by Gasteiger charge is 2.00. The Morgan fingerprint density at radius 3 is 2.53 bits per heavy atom. The minimum atomic E-state index is 0.595. The Kier molecular flexibility index (Phi) is 2.68. The predicted octanol–water partition coefficient (Wildman–Crippen LogP) is 2.38. The van der Waals surface area contributed by atoms with Crippen LogP contribution < -0.4 is 0 Å². The summed E-state index contributed by atoms with van der Waals surface area (Å²) in [5, 5.41) is 3.11. The van der Waals surface area contributed by atoms with Crippen LogP contribution in [0.3, 0.4) is 0 Å². The van der Waals surface area contributed by atoms with E-state index in [0.29, 0.717) is 4.77 Å². The number of nitrogens with zero attached hydrogens (tertiary/aromatic N) is 2. The summed E-state index contributed by atoms with van der Waals surface area (Å²) in [6.07, 6.45) is 0.796. The Bertz CT molecular complexity index is 507. The van der Waals surface area contributed by atoms with Gasteiger partial charge in [-0.2, -0.15) is 0 Å². The number of aryl methyl sites for hydroxylation is 2. The van der Waals surface area contributed by atoms with Crippen molar-refractivity contribution in [2.24, 2.45) is 7.05 Å². The van der Waals surface area contributed by atoms with Gasteiger partial charge in [-0.25, -0.2) is 4.98 Å². The van der Waals surface area contributed by atoms with Crippen molar-refractivity contribution >= 4 is 12.2 Å². The summed E-state index contributed by atoms with van der Waals surface area (Å²) in [4.78, 5) is 4.25. The molecule has 4 heteroatoms. The fourth-order valence-electron chi connectivity index (χ4n) is 1.44. The molecule has 0 fully saturated rings. The molecule has 78 valence electrons. The zero-order chi connectivity index (χ0) is 10.8. The van der Waals surface area contributed by atoms with E-state index in [0.717, 1.165) is 12.2 Å². The predicted molar refractivity (Wildman–Crippen MR) is 62.4 cm³/mol. The summed E-state index contributed by atoms with van der Waals surface area (Å²) in [5.74, 6) is 0.909. The summed E-state index contributed by atoms with van der Waals surface area (Å²) < 4.78 is 2.34. The van der Waals surface area contributed by atoms with Crippen molar-refractivity contribution in [3.63, 3.8) is 0 Å². The smallest absolute Gasteiger partial charge is 0.215 e. The van der Waals surface area contributed by atoms with Crippen molar-refractivity contribution in [2.75, 3.05) is 0 Å². The normalized spacial score (nSPS) is 10.5. The summed E-state index contributed by atoms with van der Waals surface area (Å²) in [7, 11) is 1.87. The van der Waals surface area contributed by atoms with Crippen molar-refractivity contribution in [3.8, 4) is 0 Å². The molecule has 1 aromatic carbocycles. The van der Waals surface area contributed by atoms with Crippen LogP contribution in [0.4, 0.5) is 0 Å². The molecule has 0 spiro atoms. The fraction of sp³-hybridized carbons (Fsp3) is 0.273. The van der Waals surface area contributed by atoms with Gasteiger partial charge in [-0.15, -0.1) is 0 Å². The molecule has 0 bridgehead atoms. The number of aromatic amines is 1. The second kappa shape index (κ2) is 3.98. The zero-order valence-electron chi connectivity index (χ0n) is 8.82. The third-order valence-corrected chi connectivity index (χ3v) is 2.67. The van der Waals surface area contributed by atoms with Crippen LogP contribution in [-0.2, 0) is 13.5 Å². The average Bonchev–Trinajstić information content (AvgIpc) is 2.50. The SMILES string of the molecule is Cc1ccc(Cc2nc(=S)n(C)[nH]2)cc1. The van der Waals surface area contributed by atoms with Gasteiger partial charge in [0, 0.05) is 13.5 Å². The number of aromatic nitrogens is 3. The highest BCUT2D eigenvalue weighted by molar-refractivity contribution is 7.71. The molecule has 0 unspecified atom stereocenters. The maximum absolute atomic E-state index is 5.03. The molecular formula is C11H13N3S. The van der Waals surface area contributed by atoms with Crippen molar-refractivity contribution in [1.82, 2.24) is 14.8 Å². The van der Waals surface area contributed by atoms with Crippen LogP contribution >= 0.6 is 12.2 Å². The van der Waals surface area contributed by atoms with E-state index >= 15 is 0 Å². The van der Waals surface area contributed by atoms with E-state index in [1.807, 2.05) is 7.05 Å². The lowest BCUT2D eigenvalue weighted by Gasteiger charge is -1.98. The topological polar surface area (TPSA) is 33.6 Å². The zero-order valence-corrected chi connectivity index (χ0v) is 9.64. The summed E-state index contributed by atoms with van der Waals surface area (Å²) in [6.45, 7) is 2.08. The van der Waals surface area contributed by atoms with Crippen LogP contribution in [0.15, 0.2) is 24.3 Å². The second-order valence-corrected chi connectivity index (χ2v) is 4.04. The van der Waals surface area contributed by atoms with E-state index in [9.17, 15) is 0 Å². The molecule has 0 aliphatic rings. The number of H-pyrrole nitrogens is 1. The van der Waals surface area contributed by atoms with Gasteiger partial charge in [-0.1, -0.05) is 29.8 Å². The monoisotopic (exact) mass is 219 g/mol. The Morgan fingerprint density at radius 1 is 1.33 bits per heavy atom. The number of benzene rings is 1. The third kappa shape index (κ3) is 2.33. The van der Waals surface area contributed by atoms with Crippen LogP contribution in [0.2, 0.25) is 0 Å². The molecule has 0 radical (unpaired) electrons. The van der Waals surface area contributed by atoms with Crippen molar-refractivity contribution in [3.05, 3.63) is 46.0 Å². The first-order chi connectivity index (χ1) is 7.15. The summed E-state index contributed by atoms with van der Waals surface area (Å²) in [6, 6.07) is 8.43. The van der Waals surface area contributed by atoms with Crippen LogP contribution in [0.25, 0.3) is 0 Å². The number of hydrogen-bond donors (Lipinski definition) is 1. The fourth-order valence-corrected chi connectivity index (χ4v) is 1.59. The number of rotatable bonds is 2. The molecular weight excluding hydrogens is 206 g/mol. The molecule has 0 amide bonds. The van der Waals surface area contributed by atoms with Crippen molar-refractivity contribution in [2.45, 2.75) is 13.3 Å². The molecule has 3 nitrogen and oxygen atoms in total. The molecule has 0 atom stereocenters. The van der Waals surface area contributed by atoms with E-state index < -0.39 is 0 Å². The Morgan fingerprint density at radius 2 is 2.00 bits per heavy atom. The molecule has 0 saturated carbocycles. The van der Waals surface area contributed by atoms with Gasteiger partial charge in [0.2, 0.25) is 4.77 Å². The van der Waals surface area contributed by atoms with Gasteiger partial charge >= 0.3 is 0 Å². The molecule has 1 N–H and O–H groups in total. The van der Waals surface area contributed by atoms with Crippen molar-refractivity contribution < 1.29 is 0 Å². The van der Waals surface area contributed by atoms with Gasteiger partial charge in [-0.05, 0) is 24.7 Å². The molecule has 2 rings (SSSR count). The van der Waals surface area contributed by atoms with Gasteiger partial charge in [0.05, 0.1) is 0 Å². The van der Waals surface area contributed by atoms with Crippen LogP contribution in [-0.4, -0.2) is 14.8 Å². The first-order valence-electron chi connectivity index (χ1n) is 4.82. The largest absolute Gasteiger partial charge is 0.283 e. The Balaban J connectivity index is 2.22. The van der Waals surface area contributed by atoms with Gasteiger partial charge in [0.1, 0.15) is 5.82 Å². The second-order valence-electron chi connectivity index (χ2n) is 3.67. The van der Waals surface area contributed by atoms with Gasteiger partial charge in [-0.3, -0.25) is 9.78 Å². The van der Waals surface area contributed by atoms with Crippen LogP contribution in [0.5, 0.6) is 0 Å². The highest BCUT2D eigenvalue weighted by atomic mass is 32.1. The van der Waals surface area contributed by atoms with Crippen LogP contribution in [0.1, 0.15) is 17.0 Å². The van der Waals surface area contributed by atoms with Crippen LogP contribution in [0, 0.1) is 11.7 Å². The summed E-state index contributed by atoms with van der Waals surface area (Å²) in [5.41, 5.74) is 2.51. The highest BCUT2D eigenvalue weighted by Crippen LogP contribution is 2.07. The molecule has 1 aromatic heterocycles. The van der Waals surface area contributed by atoms with Gasteiger partial charge in [0.15, 0.2) is 0 Å². The quantitative estimate of drug-likeness (QED) is 0.787. The molecule has 0 aliphatic heterocycles. The first kappa shape index (κ1) is 10.1. The maximum atomic E-state index is 5.03. The minimum Gasteiger partial charge on any atom is -0.283 e. The number of nitrogens with one attached hydrogen (secondary N) is 1. The average molecular weight is 219 g/mol. The van der Waals surface area contributed by atoms with E-state index in [4.69, 9.17) is 12.2 Å². The third-order valence-electron chi connectivity index (χ3n) is 2.31. The molecule has 2 aromatic rings. The Labute approximate surface area is 93.8 Å². The standard InChI is InChI=1S/C11H13N3S/c1-8-3-5-9(6-4-8)7-10-12-11(15)14(2)13-10/h3-6H,7H2,1-2H3,(H,12,13,15). The minimum absolute atomic E-state index is 0.595. The van der Waals surface area contributed by atoms with Gasteiger partial charge < -0.3 is 0 Å². The lowest BCUT2D eigenvalue weighted by molar-refractivity contribution is 0.740. The first-order valence-corrected chi connectivity index (χ1v) is 5.23. The van der Waals surface area contributed by atoms with Crippen molar-refractivity contribution in [1.29, 1.82) is 0 Å². The summed E-state index contributed by atoms with van der Waals surface area (Å²) >= 11 is 5.03. The maximum Gasteiger partial charge on any atom is 0.215 e. The molecule has 0 aliphatic carbocycles. The van der Waals surface area contributed by atoms with E-state index in [-0.39, 0.29) is 0 Å². The van der Waals surface area contributed by atoms with E-state index in [1.165, 1.54) is 11.1 Å². The van der Waals surface area contributed by atoms with E-state index in [2.05, 4.69) is 41.3 Å².